The van der Waals surface area contributed by atoms with E-state index in [0.29, 0.717) is 61.0 Å². The number of rotatable bonds is 7. The van der Waals surface area contributed by atoms with Crippen molar-refractivity contribution < 1.29 is 23.1 Å². The molecular weight excluding hydrogens is 577 g/mol. The van der Waals surface area contributed by atoms with E-state index in [4.69, 9.17) is 27.9 Å². The molecule has 0 saturated carbocycles. The summed E-state index contributed by atoms with van der Waals surface area (Å²) in [6.45, 7) is 6.03. The van der Waals surface area contributed by atoms with Crippen molar-refractivity contribution in [1.82, 2.24) is 29.4 Å². The minimum Gasteiger partial charge on any atom is -0.461 e. The molecule has 2 aromatic heterocycles. The van der Waals surface area contributed by atoms with Gasteiger partial charge in [0.15, 0.2) is 0 Å². The maximum Gasteiger partial charge on any atom is 0.343 e. The van der Waals surface area contributed by atoms with Gasteiger partial charge in [-0.3, -0.25) is 9.69 Å². The Kier molecular flexibility index (Phi) is 8.39. The largest absolute Gasteiger partial charge is 0.461 e. The molecule has 1 aliphatic heterocycles. The van der Waals surface area contributed by atoms with Gasteiger partial charge in [-0.05, 0) is 62.4 Å². The number of ether oxygens (including phenoxy) is 1. The third-order valence-electron chi connectivity index (χ3n) is 6.87. The van der Waals surface area contributed by atoms with Crippen LogP contribution < -0.4 is 0 Å². The Morgan fingerprint density at radius 3 is 1.76 bits per heavy atom. The van der Waals surface area contributed by atoms with Crippen LogP contribution in [0.25, 0.3) is 11.4 Å². The molecule has 5 rings (SSSR count). The Morgan fingerprint density at radius 2 is 1.24 bits per heavy atom. The molecule has 13 heteroatoms. The maximum absolute atomic E-state index is 13.3. The van der Waals surface area contributed by atoms with Crippen molar-refractivity contribution >= 4 is 35.1 Å². The maximum atomic E-state index is 13.3. The van der Waals surface area contributed by atoms with Gasteiger partial charge in [0.05, 0.1) is 28.3 Å². The van der Waals surface area contributed by atoms with E-state index in [2.05, 4.69) is 15.1 Å². The van der Waals surface area contributed by atoms with Crippen molar-refractivity contribution in [2.24, 2.45) is 0 Å². The molecule has 1 saturated heterocycles. The summed E-state index contributed by atoms with van der Waals surface area (Å²) in [6, 6.07) is 11.3. The summed E-state index contributed by atoms with van der Waals surface area (Å²) in [5.41, 5.74) is 2.41. The monoisotopic (exact) mass is 602 g/mol. The molecule has 214 valence electrons. The van der Waals surface area contributed by atoms with Gasteiger partial charge in [-0.25, -0.2) is 22.9 Å². The Hall–Kier alpha value is -3.80. The molecule has 0 unspecified atom stereocenters. The van der Waals surface area contributed by atoms with Gasteiger partial charge in [-0.1, -0.05) is 23.2 Å². The summed E-state index contributed by atoms with van der Waals surface area (Å²) < 4.78 is 34.8. The number of aromatic nitrogens is 4. The van der Waals surface area contributed by atoms with Crippen molar-refractivity contribution in [3.8, 4) is 11.4 Å². The minimum absolute atomic E-state index is 0.0861. The third kappa shape index (κ3) is 5.97. The van der Waals surface area contributed by atoms with Crippen molar-refractivity contribution in [2.45, 2.75) is 13.8 Å². The van der Waals surface area contributed by atoms with Gasteiger partial charge in [0.2, 0.25) is 0 Å². The fraction of sp³-hybridized carbons (Fsp3) is 0.286. The Morgan fingerprint density at radius 1 is 0.780 bits per heavy atom. The predicted octanol–water partition coefficient (Wildman–Crippen LogP) is 4.87. The molecule has 0 atom stereocenters. The normalized spacial score (nSPS) is 14.0. The van der Waals surface area contributed by atoms with Gasteiger partial charge in [-0.2, -0.15) is 10.2 Å². The van der Waals surface area contributed by atoms with Crippen molar-refractivity contribution in [1.29, 1.82) is 0 Å². The van der Waals surface area contributed by atoms with Gasteiger partial charge >= 0.3 is 5.97 Å². The number of carbonyl (C=O) groups is 2. The van der Waals surface area contributed by atoms with Crippen LogP contribution in [0.5, 0.6) is 0 Å². The first kappa shape index (κ1) is 28.7. The van der Waals surface area contributed by atoms with Crippen LogP contribution in [0.3, 0.4) is 0 Å². The highest BCUT2D eigenvalue weighted by atomic mass is 35.5. The smallest absolute Gasteiger partial charge is 0.343 e. The number of nitrogens with zero attached hydrogens (tertiary/aromatic N) is 6. The molecule has 1 amide bonds. The first-order valence-electron chi connectivity index (χ1n) is 12.8. The molecule has 0 aliphatic carbocycles. The summed E-state index contributed by atoms with van der Waals surface area (Å²) in [7, 11) is 0. The highest BCUT2D eigenvalue weighted by Gasteiger charge is 2.29. The van der Waals surface area contributed by atoms with Crippen LogP contribution in [0.1, 0.15) is 32.1 Å². The van der Waals surface area contributed by atoms with Crippen LogP contribution in [0.4, 0.5) is 8.78 Å². The number of carbonyl (C=O) groups excluding carboxylic acids is 2. The Labute approximate surface area is 244 Å². The van der Waals surface area contributed by atoms with Crippen LogP contribution in [-0.4, -0.2) is 80.6 Å². The van der Waals surface area contributed by atoms with Crippen LogP contribution in [0.15, 0.2) is 48.5 Å². The Balaban J connectivity index is 1.14. The van der Waals surface area contributed by atoms with Crippen LogP contribution in [0.2, 0.25) is 10.3 Å². The van der Waals surface area contributed by atoms with Gasteiger partial charge < -0.3 is 9.64 Å². The molecule has 1 aliphatic rings. The zero-order valence-electron chi connectivity index (χ0n) is 22.3. The van der Waals surface area contributed by atoms with Crippen LogP contribution in [-0.2, 0) is 4.74 Å². The second-order valence-electron chi connectivity index (χ2n) is 9.55. The molecular formula is C28H26Cl2F2N6O3. The summed E-state index contributed by atoms with van der Waals surface area (Å²) in [6.07, 6.45) is 0. The molecule has 0 N–H and O–H groups in total. The third-order valence-corrected chi connectivity index (χ3v) is 7.57. The molecule has 1 fully saturated rings. The first-order chi connectivity index (χ1) is 19.6. The highest BCUT2D eigenvalue weighted by molar-refractivity contribution is 6.33. The van der Waals surface area contributed by atoms with E-state index in [-0.39, 0.29) is 34.2 Å². The number of esters is 1. The van der Waals surface area contributed by atoms with E-state index in [1.54, 1.807) is 30.9 Å². The SMILES string of the molecule is Cc1nn(-c2ccc(F)cc2)c(Cl)c1C(=O)OCCN1CCN(C(=O)c2c(C)nn(-c3ccc(F)cc3)c2Cl)CC1. The lowest BCUT2D eigenvalue weighted by Crippen LogP contribution is -2.49. The van der Waals surface area contributed by atoms with Crippen molar-refractivity contribution in [2.75, 3.05) is 39.3 Å². The fourth-order valence-corrected chi connectivity index (χ4v) is 5.35. The zero-order valence-corrected chi connectivity index (χ0v) is 23.8. The average Bonchev–Trinajstić information content (AvgIpc) is 3.43. The lowest BCUT2D eigenvalue weighted by molar-refractivity contribution is 0.0411. The quantitative estimate of drug-likeness (QED) is 0.280. The molecule has 41 heavy (non-hydrogen) atoms. The van der Waals surface area contributed by atoms with Crippen LogP contribution >= 0.6 is 23.2 Å². The van der Waals surface area contributed by atoms with Crippen molar-refractivity contribution in [3.63, 3.8) is 0 Å². The minimum atomic E-state index is -0.599. The van der Waals surface area contributed by atoms with Gasteiger partial charge in [0, 0.05) is 32.7 Å². The summed E-state index contributed by atoms with van der Waals surface area (Å²) in [5.74, 6) is -1.60. The number of aryl methyl sites for hydroxylation is 2. The standard InChI is InChI=1S/C28H26Cl2F2N6O3/c1-17-23(25(29)37(33-17)21-7-3-19(31)4-8-21)27(39)36-13-11-35(12-14-36)15-16-41-28(40)24-18(2)34-38(26(24)30)22-9-5-20(32)6-10-22/h3-10H,11-16H2,1-2H3. The second-order valence-corrected chi connectivity index (χ2v) is 10.3. The number of hydrogen-bond acceptors (Lipinski definition) is 6. The fourth-order valence-electron chi connectivity index (χ4n) is 4.65. The molecule has 3 heterocycles. The van der Waals surface area contributed by atoms with Gasteiger partial charge in [0.1, 0.15) is 34.1 Å². The number of halogens is 4. The molecule has 0 spiro atoms. The lowest BCUT2D eigenvalue weighted by Gasteiger charge is -2.34. The van der Waals surface area contributed by atoms with E-state index < -0.39 is 11.8 Å². The Bertz CT molecular complexity index is 1580. The predicted molar refractivity (Wildman–Crippen MR) is 149 cm³/mol. The lowest BCUT2D eigenvalue weighted by atomic mass is 10.2. The molecule has 4 aromatic rings. The van der Waals surface area contributed by atoms with Crippen molar-refractivity contribution in [3.05, 3.63) is 93.0 Å². The molecule has 0 radical (unpaired) electrons. The number of benzene rings is 2. The summed E-state index contributed by atoms with van der Waals surface area (Å²) in [4.78, 5) is 29.9. The van der Waals surface area contributed by atoms with Crippen LogP contribution in [0, 0.1) is 25.5 Å². The zero-order chi connectivity index (χ0) is 29.3. The van der Waals surface area contributed by atoms with E-state index in [0.717, 1.165) is 0 Å². The van der Waals surface area contributed by atoms with E-state index in [1.165, 1.54) is 45.8 Å². The number of hydrogen-bond donors (Lipinski definition) is 0. The van der Waals surface area contributed by atoms with Gasteiger partial charge in [-0.15, -0.1) is 0 Å². The molecule has 2 aromatic carbocycles. The number of piperazine rings is 1. The highest BCUT2D eigenvalue weighted by Crippen LogP contribution is 2.26. The van der Waals surface area contributed by atoms with E-state index in [9.17, 15) is 18.4 Å². The van der Waals surface area contributed by atoms with E-state index >= 15 is 0 Å². The second kappa shape index (κ2) is 12.0. The van der Waals surface area contributed by atoms with Gasteiger partial charge in [0.25, 0.3) is 5.91 Å². The molecule has 9 nitrogen and oxygen atoms in total. The molecule has 0 bridgehead atoms. The average molecular weight is 603 g/mol. The number of amides is 1. The van der Waals surface area contributed by atoms with E-state index in [1.807, 2.05) is 0 Å². The topological polar surface area (TPSA) is 85.5 Å². The first-order valence-corrected chi connectivity index (χ1v) is 13.6. The summed E-state index contributed by atoms with van der Waals surface area (Å²) >= 11 is 12.9. The summed E-state index contributed by atoms with van der Waals surface area (Å²) in [5, 5.41) is 8.94.